The van der Waals surface area contributed by atoms with E-state index in [0.29, 0.717) is 12.3 Å². The van der Waals surface area contributed by atoms with E-state index in [-0.39, 0.29) is 0 Å². The van der Waals surface area contributed by atoms with Crippen molar-refractivity contribution in [1.82, 2.24) is 9.97 Å². The fourth-order valence-electron chi connectivity index (χ4n) is 1.37. The Morgan fingerprint density at radius 3 is 2.56 bits per heavy atom. The molecule has 5 heteroatoms. The SMILES string of the molecule is COCc1ccc(Sc2cnc(C#N)cn2)cc1. The number of rotatable bonds is 4. The minimum Gasteiger partial charge on any atom is -0.380 e. The van der Waals surface area contributed by atoms with Crippen LogP contribution in [0.2, 0.25) is 0 Å². The highest BCUT2D eigenvalue weighted by atomic mass is 32.2. The first-order valence-electron chi connectivity index (χ1n) is 5.29. The maximum Gasteiger partial charge on any atom is 0.158 e. The zero-order valence-corrected chi connectivity index (χ0v) is 10.6. The predicted molar refractivity (Wildman–Crippen MR) is 68.0 cm³/mol. The lowest BCUT2D eigenvalue weighted by atomic mass is 10.2. The third kappa shape index (κ3) is 3.29. The van der Waals surface area contributed by atoms with E-state index in [9.17, 15) is 0 Å². The third-order valence-electron chi connectivity index (χ3n) is 2.20. The number of hydrogen-bond acceptors (Lipinski definition) is 5. The molecule has 1 aromatic carbocycles. The second kappa shape index (κ2) is 6.15. The number of nitrogens with zero attached hydrogens (tertiary/aromatic N) is 3. The summed E-state index contributed by atoms with van der Waals surface area (Å²) in [7, 11) is 1.68. The number of methoxy groups -OCH3 is 1. The Balaban J connectivity index is 2.06. The van der Waals surface area contributed by atoms with Crippen molar-refractivity contribution >= 4 is 11.8 Å². The summed E-state index contributed by atoms with van der Waals surface area (Å²) in [5.41, 5.74) is 1.46. The molecule has 4 nitrogen and oxygen atoms in total. The summed E-state index contributed by atoms with van der Waals surface area (Å²) in [5.74, 6) is 0. The Morgan fingerprint density at radius 2 is 2.00 bits per heavy atom. The van der Waals surface area contributed by atoms with Gasteiger partial charge in [-0.15, -0.1) is 0 Å². The van der Waals surface area contributed by atoms with Crippen LogP contribution in [-0.2, 0) is 11.3 Å². The maximum absolute atomic E-state index is 8.63. The van der Waals surface area contributed by atoms with Crippen molar-refractivity contribution < 1.29 is 4.74 Å². The van der Waals surface area contributed by atoms with Gasteiger partial charge in [-0.05, 0) is 17.7 Å². The Labute approximate surface area is 110 Å². The predicted octanol–water partition coefficient (Wildman–Crippen LogP) is 2.65. The largest absolute Gasteiger partial charge is 0.380 e. The second-order valence-corrected chi connectivity index (χ2v) is 4.62. The van der Waals surface area contributed by atoms with Crippen LogP contribution in [0.5, 0.6) is 0 Å². The summed E-state index contributed by atoms with van der Waals surface area (Å²) in [6, 6.07) is 10.0. The molecule has 1 aromatic heterocycles. The molecule has 2 rings (SSSR count). The molecule has 0 aliphatic carbocycles. The zero-order chi connectivity index (χ0) is 12.8. The maximum atomic E-state index is 8.63. The van der Waals surface area contributed by atoms with Crippen molar-refractivity contribution in [1.29, 1.82) is 5.26 Å². The number of hydrogen-bond donors (Lipinski definition) is 0. The third-order valence-corrected chi connectivity index (χ3v) is 3.13. The highest BCUT2D eigenvalue weighted by molar-refractivity contribution is 7.99. The molecule has 0 radical (unpaired) electrons. The van der Waals surface area contributed by atoms with Crippen LogP contribution in [0.3, 0.4) is 0 Å². The average Bonchev–Trinajstić information content (AvgIpc) is 2.42. The summed E-state index contributed by atoms with van der Waals surface area (Å²) in [6.07, 6.45) is 3.08. The highest BCUT2D eigenvalue weighted by Crippen LogP contribution is 2.25. The lowest BCUT2D eigenvalue weighted by Gasteiger charge is -2.02. The normalized spacial score (nSPS) is 10.0. The fourth-order valence-corrected chi connectivity index (χ4v) is 2.09. The van der Waals surface area contributed by atoms with Gasteiger partial charge < -0.3 is 4.74 Å². The Morgan fingerprint density at radius 1 is 1.22 bits per heavy atom. The molecule has 0 bridgehead atoms. The van der Waals surface area contributed by atoms with E-state index in [1.54, 1.807) is 13.3 Å². The summed E-state index contributed by atoms with van der Waals surface area (Å²) in [4.78, 5) is 9.21. The minimum absolute atomic E-state index is 0.329. The van der Waals surface area contributed by atoms with Gasteiger partial charge in [0.15, 0.2) is 5.69 Å². The van der Waals surface area contributed by atoms with Crippen LogP contribution >= 0.6 is 11.8 Å². The van der Waals surface area contributed by atoms with Gasteiger partial charge in [0, 0.05) is 12.0 Å². The van der Waals surface area contributed by atoms with Gasteiger partial charge in [-0.1, -0.05) is 23.9 Å². The molecule has 18 heavy (non-hydrogen) atoms. The summed E-state index contributed by atoms with van der Waals surface area (Å²) in [6.45, 7) is 0.613. The van der Waals surface area contributed by atoms with Gasteiger partial charge in [0.25, 0.3) is 0 Å². The molecular weight excluding hydrogens is 246 g/mol. The zero-order valence-electron chi connectivity index (χ0n) is 9.83. The van der Waals surface area contributed by atoms with Crippen LogP contribution in [0.4, 0.5) is 0 Å². The van der Waals surface area contributed by atoms with Crippen LogP contribution in [0, 0.1) is 11.3 Å². The average molecular weight is 257 g/mol. The van der Waals surface area contributed by atoms with Crippen LogP contribution in [0.15, 0.2) is 46.6 Å². The van der Waals surface area contributed by atoms with E-state index in [0.717, 1.165) is 15.5 Å². The molecule has 0 atom stereocenters. The smallest absolute Gasteiger partial charge is 0.158 e. The van der Waals surface area contributed by atoms with Crippen LogP contribution in [0.1, 0.15) is 11.3 Å². The number of benzene rings is 1. The van der Waals surface area contributed by atoms with Crippen LogP contribution in [-0.4, -0.2) is 17.1 Å². The van der Waals surface area contributed by atoms with Gasteiger partial charge in [0.2, 0.25) is 0 Å². The van der Waals surface area contributed by atoms with Crippen molar-refractivity contribution in [2.75, 3.05) is 7.11 Å². The number of ether oxygens (including phenoxy) is 1. The Kier molecular flexibility index (Phi) is 4.29. The van der Waals surface area contributed by atoms with Crippen LogP contribution in [0.25, 0.3) is 0 Å². The number of nitriles is 1. The van der Waals surface area contributed by atoms with Gasteiger partial charge in [-0.2, -0.15) is 5.26 Å². The molecule has 0 saturated heterocycles. The van der Waals surface area contributed by atoms with Crippen molar-refractivity contribution in [3.63, 3.8) is 0 Å². The monoisotopic (exact) mass is 257 g/mol. The molecule has 2 aromatic rings. The molecule has 0 aliphatic heterocycles. The van der Waals surface area contributed by atoms with Crippen molar-refractivity contribution in [3.8, 4) is 6.07 Å². The highest BCUT2D eigenvalue weighted by Gasteiger charge is 2.00. The Bertz CT molecular complexity index is 546. The van der Waals surface area contributed by atoms with Crippen molar-refractivity contribution in [2.24, 2.45) is 0 Å². The molecule has 0 fully saturated rings. The number of aromatic nitrogens is 2. The van der Waals surface area contributed by atoms with Gasteiger partial charge in [0.1, 0.15) is 11.1 Å². The van der Waals surface area contributed by atoms with E-state index in [1.165, 1.54) is 18.0 Å². The molecule has 0 spiro atoms. The first-order valence-corrected chi connectivity index (χ1v) is 6.11. The lowest BCUT2D eigenvalue weighted by molar-refractivity contribution is 0.185. The standard InChI is InChI=1S/C13H11N3OS/c1-17-9-10-2-4-12(5-3-10)18-13-8-15-11(6-14)7-16-13/h2-5,7-8H,9H2,1H3. The lowest BCUT2D eigenvalue weighted by Crippen LogP contribution is -1.88. The second-order valence-electron chi connectivity index (χ2n) is 3.53. The van der Waals surface area contributed by atoms with E-state index < -0.39 is 0 Å². The molecule has 0 aliphatic rings. The van der Waals surface area contributed by atoms with E-state index in [1.807, 2.05) is 30.3 Å². The van der Waals surface area contributed by atoms with Gasteiger partial charge >= 0.3 is 0 Å². The Hall–Kier alpha value is -1.90. The van der Waals surface area contributed by atoms with E-state index in [4.69, 9.17) is 10.00 Å². The fraction of sp³-hybridized carbons (Fsp3) is 0.154. The van der Waals surface area contributed by atoms with Crippen LogP contribution < -0.4 is 0 Å². The van der Waals surface area contributed by atoms with Crippen molar-refractivity contribution in [3.05, 3.63) is 47.9 Å². The molecular formula is C13H11N3OS. The van der Waals surface area contributed by atoms with Gasteiger partial charge in [0.05, 0.1) is 19.0 Å². The topological polar surface area (TPSA) is 58.8 Å². The molecule has 0 amide bonds. The molecule has 0 saturated carbocycles. The van der Waals surface area contributed by atoms with Crippen molar-refractivity contribution in [2.45, 2.75) is 16.5 Å². The molecule has 1 heterocycles. The summed E-state index contributed by atoms with van der Waals surface area (Å²) in [5, 5.41) is 9.40. The van der Waals surface area contributed by atoms with E-state index >= 15 is 0 Å². The first kappa shape index (κ1) is 12.6. The van der Waals surface area contributed by atoms with Gasteiger partial charge in [-0.3, -0.25) is 0 Å². The molecule has 0 N–H and O–H groups in total. The van der Waals surface area contributed by atoms with E-state index in [2.05, 4.69) is 9.97 Å². The summed E-state index contributed by atoms with van der Waals surface area (Å²) >= 11 is 1.51. The molecule has 0 unspecified atom stereocenters. The molecule has 90 valence electrons. The minimum atomic E-state index is 0.329. The first-order chi connectivity index (χ1) is 8.81. The quantitative estimate of drug-likeness (QED) is 0.842. The summed E-state index contributed by atoms with van der Waals surface area (Å²) < 4.78 is 5.05. The van der Waals surface area contributed by atoms with Gasteiger partial charge in [-0.25, -0.2) is 9.97 Å².